The number of tetrazole rings is 1. The molecule has 0 radical (unpaired) electrons. The Morgan fingerprint density at radius 1 is 1.19 bits per heavy atom. The van der Waals surface area contributed by atoms with Gasteiger partial charge in [0.15, 0.2) is 5.82 Å². The van der Waals surface area contributed by atoms with Gasteiger partial charge in [-0.2, -0.15) is 4.80 Å². The van der Waals surface area contributed by atoms with Gasteiger partial charge in [0.2, 0.25) is 5.91 Å². The molecule has 4 fully saturated rings. The van der Waals surface area contributed by atoms with Crippen molar-refractivity contribution in [3.8, 4) is 0 Å². The van der Waals surface area contributed by atoms with E-state index in [-0.39, 0.29) is 16.9 Å². The minimum Gasteiger partial charge on any atom is -0.326 e. The van der Waals surface area contributed by atoms with Crippen molar-refractivity contribution in [1.29, 1.82) is 0 Å². The lowest BCUT2D eigenvalue weighted by Crippen LogP contribution is -2.60. The normalized spacial score (nSPS) is 34.8. The number of hydrogen-bond acceptors (Lipinski definition) is 4. The first-order valence-electron chi connectivity index (χ1n) is 9.31. The quantitative estimate of drug-likeness (QED) is 0.829. The van der Waals surface area contributed by atoms with E-state index in [0.717, 1.165) is 42.3 Å². The van der Waals surface area contributed by atoms with Crippen LogP contribution in [0.2, 0.25) is 0 Å². The third kappa shape index (κ3) is 2.51. The average Bonchev–Trinajstić information content (AvgIpc) is 3.03. The molecule has 6 nitrogen and oxygen atoms in total. The van der Waals surface area contributed by atoms with Crippen LogP contribution in [-0.2, 0) is 10.3 Å². The van der Waals surface area contributed by atoms with Gasteiger partial charge in [0.25, 0.3) is 0 Å². The molecule has 1 heterocycles. The van der Waals surface area contributed by atoms with Gasteiger partial charge in [-0.05, 0) is 86.8 Å². The second-order valence-electron chi connectivity index (χ2n) is 8.55. The molecule has 4 saturated carbocycles. The molecule has 7 heteroatoms. The van der Waals surface area contributed by atoms with Crippen LogP contribution in [0.1, 0.15) is 44.3 Å². The van der Waals surface area contributed by atoms with Crippen molar-refractivity contribution in [2.24, 2.45) is 17.3 Å². The Balaban J connectivity index is 1.46. The summed E-state index contributed by atoms with van der Waals surface area (Å²) in [5.41, 5.74) is 0.416. The van der Waals surface area contributed by atoms with Crippen molar-refractivity contribution < 1.29 is 4.79 Å². The summed E-state index contributed by atoms with van der Waals surface area (Å²) in [6, 6.07) is 7.80. The van der Waals surface area contributed by atoms with E-state index in [4.69, 9.17) is 0 Å². The molecule has 26 heavy (non-hydrogen) atoms. The molecule has 4 aliphatic carbocycles. The summed E-state index contributed by atoms with van der Waals surface area (Å²) in [4.78, 5) is 15.2. The Morgan fingerprint density at radius 2 is 1.88 bits per heavy atom. The number of hydrogen-bond donors (Lipinski definition) is 1. The van der Waals surface area contributed by atoms with Crippen LogP contribution < -0.4 is 5.32 Å². The zero-order valence-corrected chi connectivity index (χ0v) is 16.4. The first kappa shape index (κ1) is 16.4. The van der Waals surface area contributed by atoms with Gasteiger partial charge in [-0.15, -0.1) is 10.2 Å². The van der Waals surface area contributed by atoms with E-state index in [9.17, 15) is 4.79 Å². The monoisotopic (exact) mass is 415 g/mol. The highest BCUT2D eigenvalue weighted by molar-refractivity contribution is 9.10. The van der Waals surface area contributed by atoms with E-state index in [1.807, 2.05) is 36.0 Å². The highest BCUT2D eigenvalue weighted by Gasteiger charge is 2.62. The predicted octanol–water partition coefficient (Wildman–Crippen LogP) is 3.68. The largest absolute Gasteiger partial charge is 0.326 e. The molecular formula is C19H22BrN5O. The molecule has 136 valence electrons. The van der Waals surface area contributed by atoms with E-state index >= 15 is 0 Å². The Bertz CT molecular complexity index is 847. The van der Waals surface area contributed by atoms with Crippen molar-refractivity contribution in [2.45, 2.75) is 51.0 Å². The molecule has 2 aromatic rings. The maximum absolute atomic E-state index is 13.3. The summed E-state index contributed by atoms with van der Waals surface area (Å²) in [5, 5.41) is 16.1. The number of nitrogens with one attached hydrogen (secondary N) is 1. The van der Waals surface area contributed by atoms with Crippen LogP contribution in [-0.4, -0.2) is 26.1 Å². The maximum Gasteiger partial charge on any atom is 0.230 e. The Kier molecular flexibility index (Phi) is 3.55. The van der Waals surface area contributed by atoms with E-state index < -0.39 is 0 Å². The number of carbonyl (C=O) groups is 1. The topological polar surface area (TPSA) is 72.7 Å². The average molecular weight is 416 g/mol. The molecule has 0 saturated heterocycles. The van der Waals surface area contributed by atoms with Gasteiger partial charge in [0, 0.05) is 10.2 Å². The molecule has 2 unspecified atom stereocenters. The highest BCUT2D eigenvalue weighted by Crippen LogP contribution is 2.64. The summed E-state index contributed by atoms with van der Waals surface area (Å²) in [5.74, 6) is 2.03. The van der Waals surface area contributed by atoms with Gasteiger partial charge >= 0.3 is 0 Å². The summed E-state index contributed by atoms with van der Waals surface area (Å²) >= 11 is 3.44. The van der Waals surface area contributed by atoms with Crippen LogP contribution in [0.25, 0.3) is 0 Å². The second-order valence-corrected chi connectivity index (χ2v) is 9.47. The zero-order valence-electron chi connectivity index (χ0n) is 14.8. The van der Waals surface area contributed by atoms with Gasteiger partial charge < -0.3 is 5.32 Å². The van der Waals surface area contributed by atoms with Crippen molar-refractivity contribution >= 4 is 27.5 Å². The molecular weight excluding hydrogens is 394 g/mol. The van der Waals surface area contributed by atoms with Gasteiger partial charge in [0.1, 0.15) is 0 Å². The SMILES string of the molecule is Cc1nnn(C23C[C@@H]4C[C@@H](CC(C(=O)Nc5ccc(Br)cc5)(C4)C2)C3)n1. The fourth-order valence-corrected chi connectivity index (χ4v) is 6.26. The van der Waals surface area contributed by atoms with Crippen molar-refractivity contribution in [3.63, 3.8) is 0 Å². The van der Waals surface area contributed by atoms with Crippen LogP contribution in [0, 0.1) is 24.2 Å². The predicted molar refractivity (Wildman–Crippen MR) is 100 cm³/mol. The van der Waals surface area contributed by atoms with Crippen LogP contribution in [0.4, 0.5) is 5.69 Å². The maximum atomic E-state index is 13.3. The molecule has 1 N–H and O–H groups in total. The molecule has 1 aromatic heterocycles. The summed E-state index contributed by atoms with van der Waals surface area (Å²) in [6.07, 6.45) is 6.19. The van der Waals surface area contributed by atoms with E-state index in [2.05, 4.69) is 36.7 Å². The lowest BCUT2D eigenvalue weighted by Gasteiger charge is -2.60. The lowest BCUT2D eigenvalue weighted by molar-refractivity contribution is -0.152. The number of aryl methyl sites for hydroxylation is 1. The number of halogens is 1. The van der Waals surface area contributed by atoms with Gasteiger partial charge in [-0.1, -0.05) is 15.9 Å². The highest BCUT2D eigenvalue weighted by atomic mass is 79.9. The summed E-state index contributed by atoms with van der Waals surface area (Å²) in [7, 11) is 0. The Hall–Kier alpha value is -1.76. The Labute approximate surface area is 160 Å². The zero-order chi connectivity index (χ0) is 17.9. The van der Waals surface area contributed by atoms with Crippen LogP contribution in [0.5, 0.6) is 0 Å². The third-order valence-electron chi connectivity index (χ3n) is 6.55. The minimum atomic E-state index is -0.307. The first-order chi connectivity index (χ1) is 12.5. The molecule has 1 amide bonds. The Morgan fingerprint density at radius 3 is 2.50 bits per heavy atom. The third-order valence-corrected chi connectivity index (χ3v) is 7.08. The van der Waals surface area contributed by atoms with Crippen molar-refractivity contribution in [2.75, 3.05) is 5.32 Å². The first-order valence-corrected chi connectivity index (χ1v) is 10.1. The molecule has 0 spiro atoms. The van der Waals surface area contributed by atoms with Gasteiger partial charge in [-0.25, -0.2) is 0 Å². The fraction of sp³-hybridized carbons (Fsp3) is 0.579. The molecule has 1 aromatic carbocycles. The van der Waals surface area contributed by atoms with E-state index in [1.54, 1.807) is 0 Å². The lowest BCUT2D eigenvalue weighted by atomic mass is 9.46. The fourth-order valence-electron chi connectivity index (χ4n) is 6.00. The van der Waals surface area contributed by atoms with E-state index in [1.165, 1.54) is 6.42 Å². The molecule has 4 atom stereocenters. The second kappa shape index (κ2) is 5.62. The van der Waals surface area contributed by atoms with Gasteiger partial charge in [-0.3, -0.25) is 4.79 Å². The number of nitrogens with zero attached hydrogens (tertiary/aromatic N) is 4. The molecule has 4 aliphatic rings. The number of carbonyl (C=O) groups excluding carboxylic acids is 1. The summed E-state index contributed by atoms with van der Waals surface area (Å²) < 4.78 is 1.01. The van der Waals surface area contributed by atoms with Crippen molar-refractivity contribution in [3.05, 3.63) is 34.6 Å². The molecule has 4 bridgehead atoms. The number of aromatic nitrogens is 4. The van der Waals surface area contributed by atoms with Crippen LogP contribution >= 0.6 is 15.9 Å². The smallest absolute Gasteiger partial charge is 0.230 e. The van der Waals surface area contributed by atoms with Gasteiger partial charge in [0.05, 0.1) is 11.0 Å². The standard InChI is InChI=1S/C19H22BrN5O/c1-12-22-24-25(23-12)19-9-13-6-14(10-19)8-18(7-13,11-19)17(26)21-16-4-2-15(20)3-5-16/h2-5,13-14H,6-11H2,1H3,(H,21,26)/t13-,14+,18?,19?. The number of amides is 1. The van der Waals surface area contributed by atoms with Crippen molar-refractivity contribution in [1.82, 2.24) is 20.2 Å². The minimum absolute atomic E-state index is 0.137. The summed E-state index contributed by atoms with van der Waals surface area (Å²) in [6.45, 7) is 1.88. The van der Waals surface area contributed by atoms with E-state index in [0.29, 0.717) is 17.7 Å². The van der Waals surface area contributed by atoms with Crippen LogP contribution in [0.15, 0.2) is 28.7 Å². The molecule has 0 aliphatic heterocycles. The number of anilines is 1. The number of rotatable bonds is 3. The molecule has 6 rings (SSSR count). The number of benzene rings is 1. The van der Waals surface area contributed by atoms with Crippen LogP contribution in [0.3, 0.4) is 0 Å².